The number of hydrogen-bond acceptors (Lipinski definition) is 3. The molecule has 1 aromatic carbocycles. The summed E-state index contributed by atoms with van der Waals surface area (Å²) in [6.45, 7) is 1.53. The molecule has 0 atom stereocenters. The highest BCUT2D eigenvalue weighted by Gasteiger charge is 2.14. The highest BCUT2D eigenvalue weighted by Crippen LogP contribution is 2.23. The fourth-order valence-electron chi connectivity index (χ4n) is 3.32. The van der Waals surface area contributed by atoms with E-state index in [0.29, 0.717) is 6.10 Å². The summed E-state index contributed by atoms with van der Waals surface area (Å²) < 4.78 is 6.09. The first-order valence-electron chi connectivity index (χ1n) is 9.93. The average molecular weight is 494 g/mol. The SMILES string of the molecule is CN=C(NCCc1ccccn1)NCc1ccc(OC2CCCCC2)cc1.I. The van der Waals surface area contributed by atoms with Crippen LogP contribution in [0.25, 0.3) is 0 Å². The minimum absolute atomic E-state index is 0. The molecule has 152 valence electrons. The third kappa shape index (κ3) is 7.66. The molecule has 0 saturated heterocycles. The highest BCUT2D eigenvalue weighted by atomic mass is 127. The van der Waals surface area contributed by atoms with E-state index in [9.17, 15) is 0 Å². The Kier molecular flexibility index (Phi) is 10.1. The Morgan fingerprint density at radius 3 is 2.54 bits per heavy atom. The smallest absolute Gasteiger partial charge is 0.191 e. The standard InChI is InChI=1S/C22H30N4O.HI/c1-23-22(25-16-14-19-7-5-6-15-24-19)26-17-18-10-12-21(13-11-18)27-20-8-3-2-4-9-20;/h5-7,10-13,15,20H,2-4,8-9,14,16-17H2,1H3,(H2,23,25,26);1H. The van der Waals surface area contributed by atoms with Gasteiger partial charge >= 0.3 is 0 Å². The van der Waals surface area contributed by atoms with Crippen LogP contribution < -0.4 is 15.4 Å². The minimum Gasteiger partial charge on any atom is -0.490 e. The van der Waals surface area contributed by atoms with E-state index in [2.05, 4.69) is 44.9 Å². The van der Waals surface area contributed by atoms with Crippen molar-refractivity contribution in [1.82, 2.24) is 15.6 Å². The predicted molar refractivity (Wildman–Crippen MR) is 126 cm³/mol. The van der Waals surface area contributed by atoms with Gasteiger partial charge in [-0.25, -0.2) is 0 Å². The van der Waals surface area contributed by atoms with Gasteiger partial charge in [0, 0.05) is 38.4 Å². The number of nitrogens with one attached hydrogen (secondary N) is 2. The van der Waals surface area contributed by atoms with Gasteiger partial charge in [-0.1, -0.05) is 24.6 Å². The summed E-state index contributed by atoms with van der Waals surface area (Å²) in [5.74, 6) is 1.77. The zero-order valence-electron chi connectivity index (χ0n) is 16.6. The van der Waals surface area contributed by atoms with E-state index in [0.717, 1.165) is 36.9 Å². The van der Waals surface area contributed by atoms with Crippen molar-refractivity contribution in [3.05, 3.63) is 59.9 Å². The molecule has 3 rings (SSSR count). The number of guanidine groups is 1. The van der Waals surface area contributed by atoms with E-state index in [-0.39, 0.29) is 24.0 Å². The maximum absolute atomic E-state index is 6.09. The average Bonchev–Trinajstić information content (AvgIpc) is 2.73. The van der Waals surface area contributed by atoms with Crippen LogP contribution in [0.15, 0.2) is 53.7 Å². The molecule has 0 spiro atoms. The van der Waals surface area contributed by atoms with Crippen molar-refractivity contribution in [3.63, 3.8) is 0 Å². The minimum atomic E-state index is 0. The summed E-state index contributed by atoms with van der Waals surface area (Å²) in [7, 11) is 1.79. The summed E-state index contributed by atoms with van der Waals surface area (Å²) >= 11 is 0. The largest absolute Gasteiger partial charge is 0.490 e. The summed E-state index contributed by atoms with van der Waals surface area (Å²) in [4.78, 5) is 8.61. The summed E-state index contributed by atoms with van der Waals surface area (Å²) in [5, 5.41) is 6.68. The molecule has 0 aliphatic heterocycles. The lowest BCUT2D eigenvalue weighted by Gasteiger charge is -2.23. The Labute approximate surface area is 185 Å². The van der Waals surface area contributed by atoms with Crippen LogP contribution in [0.5, 0.6) is 5.75 Å². The second kappa shape index (κ2) is 12.6. The van der Waals surface area contributed by atoms with Gasteiger partial charge in [-0.3, -0.25) is 9.98 Å². The number of benzene rings is 1. The highest BCUT2D eigenvalue weighted by molar-refractivity contribution is 14.0. The van der Waals surface area contributed by atoms with Crippen molar-refractivity contribution in [1.29, 1.82) is 0 Å². The van der Waals surface area contributed by atoms with E-state index in [4.69, 9.17) is 4.74 Å². The zero-order valence-corrected chi connectivity index (χ0v) is 18.9. The second-order valence-electron chi connectivity index (χ2n) is 6.95. The lowest BCUT2D eigenvalue weighted by atomic mass is 9.98. The van der Waals surface area contributed by atoms with Gasteiger partial charge in [0.15, 0.2) is 5.96 Å². The first-order valence-corrected chi connectivity index (χ1v) is 9.93. The summed E-state index contributed by atoms with van der Waals surface area (Å²) in [6.07, 6.45) is 9.39. The van der Waals surface area contributed by atoms with Gasteiger partial charge in [0.1, 0.15) is 5.75 Å². The molecular formula is C22H31IN4O. The fourth-order valence-corrected chi connectivity index (χ4v) is 3.32. The predicted octanol–water partition coefficient (Wildman–Crippen LogP) is 4.32. The molecule has 1 saturated carbocycles. The molecule has 2 N–H and O–H groups in total. The molecule has 1 aliphatic carbocycles. The molecular weight excluding hydrogens is 463 g/mol. The van der Waals surface area contributed by atoms with Crippen LogP contribution in [0, 0.1) is 0 Å². The zero-order chi connectivity index (χ0) is 18.7. The molecule has 1 aliphatic rings. The van der Waals surface area contributed by atoms with Crippen molar-refractivity contribution in [3.8, 4) is 5.75 Å². The number of aromatic nitrogens is 1. The number of halogens is 1. The lowest BCUT2D eigenvalue weighted by Crippen LogP contribution is -2.37. The molecule has 6 heteroatoms. The van der Waals surface area contributed by atoms with Crippen LogP contribution in [-0.4, -0.2) is 30.6 Å². The molecule has 1 fully saturated rings. The van der Waals surface area contributed by atoms with E-state index >= 15 is 0 Å². The molecule has 5 nitrogen and oxygen atoms in total. The van der Waals surface area contributed by atoms with Crippen molar-refractivity contribution >= 4 is 29.9 Å². The molecule has 28 heavy (non-hydrogen) atoms. The Bertz CT molecular complexity index is 700. The molecule has 1 heterocycles. The first kappa shape index (κ1) is 22.5. The van der Waals surface area contributed by atoms with Gasteiger partial charge in [0.2, 0.25) is 0 Å². The van der Waals surface area contributed by atoms with Gasteiger partial charge in [-0.2, -0.15) is 0 Å². The molecule has 0 bridgehead atoms. The van der Waals surface area contributed by atoms with E-state index in [1.807, 2.05) is 24.4 Å². The quantitative estimate of drug-likeness (QED) is 0.342. The van der Waals surface area contributed by atoms with Gasteiger partial charge in [0.25, 0.3) is 0 Å². The van der Waals surface area contributed by atoms with E-state index in [1.165, 1.54) is 37.7 Å². The summed E-state index contributed by atoms with van der Waals surface area (Å²) in [5.41, 5.74) is 2.28. The van der Waals surface area contributed by atoms with Crippen LogP contribution in [-0.2, 0) is 13.0 Å². The van der Waals surface area contributed by atoms with Crippen LogP contribution >= 0.6 is 24.0 Å². The summed E-state index contributed by atoms with van der Waals surface area (Å²) in [6, 6.07) is 14.4. The van der Waals surface area contributed by atoms with Gasteiger partial charge in [-0.05, 0) is 55.5 Å². The van der Waals surface area contributed by atoms with Gasteiger partial charge in [-0.15, -0.1) is 24.0 Å². The van der Waals surface area contributed by atoms with E-state index in [1.54, 1.807) is 7.05 Å². The number of aliphatic imine (C=N–C) groups is 1. The van der Waals surface area contributed by atoms with E-state index < -0.39 is 0 Å². The maximum Gasteiger partial charge on any atom is 0.191 e. The number of ether oxygens (including phenoxy) is 1. The van der Waals surface area contributed by atoms with Crippen LogP contribution in [0.2, 0.25) is 0 Å². The fraction of sp³-hybridized carbons (Fsp3) is 0.455. The third-order valence-corrected chi connectivity index (χ3v) is 4.86. The third-order valence-electron chi connectivity index (χ3n) is 4.86. The maximum atomic E-state index is 6.09. The monoisotopic (exact) mass is 494 g/mol. The molecule has 2 aromatic rings. The van der Waals surface area contributed by atoms with Crippen LogP contribution in [0.3, 0.4) is 0 Å². The second-order valence-corrected chi connectivity index (χ2v) is 6.95. The molecule has 0 radical (unpaired) electrons. The number of rotatable bonds is 7. The Hall–Kier alpha value is -1.83. The van der Waals surface area contributed by atoms with Crippen molar-refractivity contribution < 1.29 is 4.74 Å². The van der Waals surface area contributed by atoms with Crippen LogP contribution in [0.1, 0.15) is 43.4 Å². The van der Waals surface area contributed by atoms with Gasteiger partial charge in [0.05, 0.1) is 6.10 Å². The van der Waals surface area contributed by atoms with Crippen molar-refractivity contribution in [2.24, 2.45) is 4.99 Å². The number of hydrogen-bond donors (Lipinski definition) is 2. The number of nitrogens with zero attached hydrogens (tertiary/aromatic N) is 2. The lowest BCUT2D eigenvalue weighted by molar-refractivity contribution is 0.155. The molecule has 0 amide bonds. The van der Waals surface area contributed by atoms with Crippen LogP contribution in [0.4, 0.5) is 0 Å². The normalized spacial score (nSPS) is 14.8. The van der Waals surface area contributed by atoms with Crippen molar-refractivity contribution in [2.75, 3.05) is 13.6 Å². The first-order chi connectivity index (χ1) is 13.3. The molecule has 0 unspecified atom stereocenters. The Morgan fingerprint density at radius 1 is 1.07 bits per heavy atom. The molecule has 1 aromatic heterocycles. The topological polar surface area (TPSA) is 58.5 Å². The van der Waals surface area contributed by atoms with Gasteiger partial charge < -0.3 is 15.4 Å². The Balaban J connectivity index is 0.00000280. The number of pyridine rings is 1. The Morgan fingerprint density at radius 2 is 1.86 bits per heavy atom. The van der Waals surface area contributed by atoms with Crippen molar-refractivity contribution in [2.45, 2.75) is 51.2 Å².